The SMILES string of the molecule is O=C1CCN(C(=O)Cc2cc[nH]c2)CC1. The van der Waals surface area contributed by atoms with Crippen LogP contribution in [0, 0.1) is 0 Å². The van der Waals surface area contributed by atoms with Crippen molar-refractivity contribution in [3.63, 3.8) is 0 Å². The van der Waals surface area contributed by atoms with Gasteiger partial charge in [0.05, 0.1) is 6.42 Å². The minimum Gasteiger partial charge on any atom is -0.367 e. The van der Waals surface area contributed by atoms with Crippen LogP contribution >= 0.6 is 0 Å². The standard InChI is InChI=1S/C11H14N2O2/c14-10-2-5-13(6-3-10)11(15)7-9-1-4-12-8-9/h1,4,8,12H,2-3,5-7H2. The Morgan fingerprint density at radius 2 is 2.13 bits per heavy atom. The van der Waals surface area contributed by atoms with E-state index in [0.29, 0.717) is 32.4 Å². The van der Waals surface area contributed by atoms with Crippen molar-refractivity contribution in [2.75, 3.05) is 13.1 Å². The third kappa shape index (κ3) is 2.46. The van der Waals surface area contributed by atoms with Crippen molar-refractivity contribution < 1.29 is 9.59 Å². The molecule has 1 N–H and O–H groups in total. The second-order valence-corrected chi connectivity index (χ2v) is 3.82. The average Bonchev–Trinajstić information content (AvgIpc) is 2.71. The molecule has 0 bridgehead atoms. The van der Waals surface area contributed by atoms with E-state index in [1.165, 1.54) is 0 Å². The fraction of sp³-hybridized carbons (Fsp3) is 0.455. The van der Waals surface area contributed by atoms with Gasteiger partial charge in [-0.15, -0.1) is 0 Å². The molecule has 1 fully saturated rings. The first-order valence-corrected chi connectivity index (χ1v) is 5.17. The maximum Gasteiger partial charge on any atom is 0.227 e. The van der Waals surface area contributed by atoms with Crippen molar-refractivity contribution in [3.8, 4) is 0 Å². The lowest BCUT2D eigenvalue weighted by molar-refractivity contribution is -0.133. The van der Waals surface area contributed by atoms with Crippen LogP contribution in [0.2, 0.25) is 0 Å². The zero-order valence-electron chi connectivity index (χ0n) is 8.53. The molecule has 0 atom stereocenters. The molecule has 0 aromatic carbocycles. The van der Waals surface area contributed by atoms with Gasteiger partial charge in [-0.2, -0.15) is 0 Å². The third-order valence-electron chi connectivity index (χ3n) is 2.69. The molecular weight excluding hydrogens is 192 g/mol. The number of likely N-dealkylation sites (tertiary alicyclic amines) is 1. The highest BCUT2D eigenvalue weighted by molar-refractivity contribution is 5.84. The highest BCUT2D eigenvalue weighted by atomic mass is 16.2. The number of nitrogens with one attached hydrogen (secondary N) is 1. The smallest absolute Gasteiger partial charge is 0.227 e. The Hall–Kier alpha value is -1.58. The molecule has 1 aliphatic rings. The zero-order valence-corrected chi connectivity index (χ0v) is 8.53. The summed E-state index contributed by atoms with van der Waals surface area (Å²) < 4.78 is 0. The van der Waals surface area contributed by atoms with Gasteiger partial charge in [0.2, 0.25) is 5.91 Å². The van der Waals surface area contributed by atoms with Crippen molar-refractivity contribution in [1.82, 2.24) is 9.88 Å². The molecule has 2 rings (SSSR count). The van der Waals surface area contributed by atoms with Crippen LogP contribution < -0.4 is 0 Å². The van der Waals surface area contributed by atoms with E-state index in [1.807, 2.05) is 18.5 Å². The summed E-state index contributed by atoms with van der Waals surface area (Å²) in [6, 6.07) is 1.90. The number of nitrogens with zero attached hydrogens (tertiary/aromatic N) is 1. The van der Waals surface area contributed by atoms with Crippen molar-refractivity contribution in [3.05, 3.63) is 24.0 Å². The highest BCUT2D eigenvalue weighted by Gasteiger charge is 2.20. The second kappa shape index (κ2) is 4.29. The van der Waals surface area contributed by atoms with Crippen LogP contribution in [0.25, 0.3) is 0 Å². The fourth-order valence-electron chi connectivity index (χ4n) is 1.76. The Morgan fingerprint density at radius 3 is 2.73 bits per heavy atom. The van der Waals surface area contributed by atoms with E-state index in [9.17, 15) is 9.59 Å². The van der Waals surface area contributed by atoms with Crippen LogP contribution in [0.15, 0.2) is 18.5 Å². The van der Waals surface area contributed by atoms with Crippen molar-refractivity contribution in [2.45, 2.75) is 19.3 Å². The molecule has 2 heterocycles. The summed E-state index contributed by atoms with van der Waals surface area (Å²) in [5.41, 5.74) is 0.997. The maximum atomic E-state index is 11.8. The second-order valence-electron chi connectivity index (χ2n) is 3.82. The van der Waals surface area contributed by atoms with Gasteiger partial charge in [0.25, 0.3) is 0 Å². The maximum absolute atomic E-state index is 11.8. The normalized spacial score (nSPS) is 16.8. The largest absolute Gasteiger partial charge is 0.367 e. The first-order chi connectivity index (χ1) is 7.25. The molecule has 1 aromatic rings. The predicted molar refractivity (Wildman–Crippen MR) is 55.3 cm³/mol. The molecule has 4 nitrogen and oxygen atoms in total. The third-order valence-corrected chi connectivity index (χ3v) is 2.69. The molecule has 1 saturated heterocycles. The van der Waals surface area contributed by atoms with E-state index in [-0.39, 0.29) is 11.7 Å². The van der Waals surface area contributed by atoms with Crippen LogP contribution in [-0.4, -0.2) is 34.7 Å². The first kappa shape index (κ1) is 9.96. The summed E-state index contributed by atoms with van der Waals surface area (Å²) in [4.78, 5) is 27.5. The fourth-order valence-corrected chi connectivity index (χ4v) is 1.76. The lowest BCUT2D eigenvalue weighted by Crippen LogP contribution is -2.39. The number of carbonyl (C=O) groups excluding carboxylic acids is 2. The molecule has 0 spiro atoms. The lowest BCUT2D eigenvalue weighted by atomic mass is 10.1. The van der Waals surface area contributed by atoms with Crippen LogP contribution in [0.3, 0.4) is 0 Å². The number of aromatic amines is 1. The van der Waals surface area contributed by atoms with Gasteiger partial charge in [0.1, 0.15) is 5.78 Å². The summed E-state index contributed by atoms with van der Waals surface area (Å²) in [7, 11) is 0. The molecule has 0 radical (unpaired) electrons. The Balaban J connectivity index is 1.89. The number of rotatable bonds is 2. The van der Waals surface area contributed by atoms with Gasteiger partial charge < -0.3 is 9.88 Å². The van der Waals surface area contributed by atoms with Crippen molar-refractivity contribution in [2.24, 2.45) is 0 Å². The number of Topliss-reactive ketones (excluding diaryl/α,β-unsaturated/α-hetero) is 1. The molecule has 15 heavy (non-hydrogen) atoms. The molecule has 1 aliphatic heterocycles. The van der Waals surface area contributed by atoms with Gasteiger partial charge in [-0.25, -0.2) is 0 Å². The lowest BCUT2D eigenvalue weighted by Gasteiger charge is -2.25. The summed E-state index contributed by atoms with van der Waals surface area (Å²) in [5, 5.41) is 0. The molecule has 1 amide bonds. The minimum atomic E-state index is 0.113. The van der Waals surface area contributed by atoms with E-state index in [4.69, 9.17) is 0 Å². The number of hydrogen-bond acceptors (Lipinski definition) is 2. The number of amides is 1. The number of hydrogen-bond donors (Lipinski definition) is 1. The Labute approximate surface area is 88.3 Å². The predicted octanol–water partition coefficient (Wildman–Crippen LogP) is 0.749. The van der Waals surface area contributed by atoms with Gasteiger partial charge >= 0.3 is 0 Å². The first-order valence-electron chi connectivity index (χ1n) is 5.17. The van der Waals surface area contributed by atoms with Crippen LogP contribution in [0.1, 0.15) is 18.4 Å². The minimum absolute atomic E-state index is 0.113. The molecule has 0 saturated carbocycles. The van der Waals surface area contributed by atoms with E-state index in [0.717, 1.165) is 5.56 Å². The van der Waals surface area contributed by atoms with Crippen molar-refractivity contribution in [1.29, 1.82) is 0 Å². The number of piperidine rings is 1. The molecule has 0 aliphatic carbocycles. The Morgan fingerprint density at radius 1 is 1.40 bits per heavy atom. The van der Waals surface area contributed by atoms with Crippen LogP contribution in [0.5, 0.6) is 0 Å². The van der Waals surface area contributed by atoms with E-state index in [2.05, 4.69) is 4.98 Å². The van der Waals surface area contributed by atoms with Gasteiger partial charge in [0.15, 0.2) is 0 Å². The van der Waals surface area contributed by atoms with Crippen LogP contribution in [-0.2, 0) is 16.0 Å². The average molecular weight is 206 g/mol. The van der Waals surface area contributed by atoms with E-state index in [1.54, 1.807) is 4.90 Å². The Kier molecular flexibility index (Phi) is 2.85. The number of aromatic nitrogens is 1. The zero-order chi connectivity index (χ0) is 10.7. The van der Waals surface area contributed by atoms with E-state index >= 15 is 0 Å². The van der Waals surface area contributed by atoms with Gasteiger partial charge in [-0.3, -0.25) is 9.59 Å². The quantitative estimate of drug-likeness (QED) is 0.776. The number of H-pyrrole nitrogens is 1. The monoisotopic (exact) mass is 206 g/mol. The van der Waals surface area contributed by atoms with Gasteiger partial charge in [0, 0.05) is 38.3 Å². The van der Waals surface area contributed by atoms with Gasteiger partial charge in [-0.05, 0) is 11.6 Å². The molecular formula is C11H14N2O2. The molecule has 4 heteroatoms. The number of ketones is 1. The van der Waals surface area contributed by atoms with E-state index < -0.39 is 0 Å². The Bertz CT molecular complexity index is 347. The van der Waals surface area contributed by atoms with Crippen molar-refractivity contribution >= 4 is 11.7 Å². The summed E-state index contributed by atoms with van der Waals surface area (Å²) >= 11 is 0. The van der Waals surface area contributed by atoms with Gasteiger partial charge in [-0.1, -0.05) is 0 Å². The summed E-state index contributed by atoms with van der Waals surface area (Å²) in [6.07, 6.45) is 5.09. The molecule has 80 valence electrons. The molecule has 1 aromatic heterocycles. The molecule has 0 unspecified atom stereocenters. The highest BCUT2D eigenvalue weighted by Crippen LogP contribution is 2.08. The van der Waals surface area contributed by atoms with Crippen LogP contribution in [0.4, 0.5) is 0 Å². The summed E-state index contributed by atoms with van der Waals surface area (Å²) in [5.74, 6) is 0.378. The summed E-state index contributed by atoms with van der Waals surface area (Å²) in [6.45, 7) is 1.17. The topological polar surface area (TPSA) is 53.2 Å². The number of carbonyl (C=O) groups is 2.